The molecule has 82 valence electrons. The van der Waals surface area contributed by atoms with Gasteiger partial charge in [-0.3, -0.25) is 4.80 Å². The van der Waals surface area contributed by atoms with Crippen LogP contribution in [0.15, 0.2) is 71.9 Å². The van der Waals surface area contributed by atoms with Crippen molar-refractivity contribution in [2.75, 3.05) is 0 Å². The van der Waals surface area contributed by atoms with E-state index >= 15 is 0 Å². The van der Waals surface area contributed by atoms with Gasteiger partial charge in [0.2, 0.25) is 0 Å². The van der Waals surface area contributed by atoms with E-state index < -0.39 is 0 Å². The average molecular weight is 214 g/mol. The third-order valence-electron chi connectivity index (χ3n) is 2.07. The lowest BCUT2D eigenvalue weighted by Crippen LogP contribution is -1.84. The standard InChI is InChI=1S/C15H16O/c1-13-7-3-4-8-14(2)10-6-12-15(16)11-5-9-13/h3-12H,1-2H3/p+1/b7-3+,8-4+,11-5-,12-6+,13-9-,14-10-/i/hD. The molecule has 0 bridgehead atoms. The smallest absolute Gasteiger partial charge is 0.274 e. The third-order valence-corrected chi connectivity index (χ3v) is 2.07. The predicted molar refractivity (Wildman–Crippen MR) is 71.0 cm³/mol. The molecule has 0 saturated carbocycles. The van der Waals surface area contributed by atoms with Crippen LogP contribution in [0, 0.1) is 0 Å². The van der Waals surface area contributed by atoms with E-state index in [4.69, 9.17) is 1.43 Å². The van der Waals surface area contributed by atoms with Crippen LogP contribution in [-0.4, -0.2) is 10.6 Å². The largest absolute Gasteiger partial charge is 0.686 e. The van der Waals surface area contributed by atoms with E-state index in [1.165, 1.54) is 0 Å². The minimum absolute atomic E-state index is 0.505. The molecule has 1 rings (SSSR count). The quantitative estimate of drug-likeness (QED) is 0.549. The highest BCUT2D eigenvalue weighted by Gasteiger charge is 1.93. The summed E-state index contributed by atoms with van der Waals surface area (Å²) < 4.78 is 6.92. The van der Waals surface area contributed by atoms with Crippen molar-refractivity contribution in [3.63, 3.8) is 0 Å². The topological polar surface area (TPSA) is 21.4 Å². The van der Waals surface area contributed by atoms with Gasteiger partial charge in [0.05, 0.1) is 0 Å². The minimum atomic E-state index is 0.505. The molecule has 1 N–H and O–H groups in total. The maximum atomic E-state index is 6.92. The Kier molecular flexibility index (Phi) is 4.36. The molecule has 0 heterocycles. The molecule has 1 aliphatic carbocycles. The molecule has 1 aliphatic rings. The molecule has 1 nitrogen and oxygen atoms in total. The molecule has 0 aromatic rings. The van der Waals surface area contributed by atoms with Gasteiger partial charge in [-0.2, -0.15) is 0 Å². The monoisotopic (exact) mass is 214 g/mol. The molecule has 16 heavy (non-hydrogen) atoms. The maximum Gasteiger partial charge on any atom is 0.686 e. The molecule has 0 saturated heterocycles. The van der Waals surface area contributed by atoms with Crippen LogP contribution < -0.4 is 0 Å². The van der Waals surface area contributed by atoms with Crippen LogP contribution in [0.2, 0.25) is 0 Å². The van der Waals surface area contributed by atoms with Crippen LogP contribution in [0.3, 0.4) is 0 Å². The maximum absolute atomic E-state index is 6.92. The summed E-state index contributed by atoms with van der Waals surface area (Å²) in [4.78, 5) is 4.50. The van der Waals surface area contributed by atoms with E-state index in [-0.39, 0.29) is 0 Å². The fourth-order valence-corrected chi connectivity index (χ4v) is 1.17. The van der Waals surface area contributed by atoms with E-state index in [1.54, 1.807) is 12.2 Å². The van der Waals surface area contributed by atoms with E-state index in [9.17, 15) is 0 Å². The lowest BCUT2D eigenvalue weighted by Gasteiger charge is -1.87. The Labute approximate surface area is 98.4 Å². The zero-order valence-corrected chi connectivity index (χ0v) is 9.68. The summed E-state index contributed by atoms with van der Waals surface area (Å²) >= 11 is 0. The van der Waals surface area contributed by atoms with Crippen molar-refractivity contribution in [1.29, 1.82) is 0 Å². The summed E-state index contributed by atoms with van der Waals surface area (Å²) in [7, 11) is 0. The molecule has 0 aromatic heterocycles. The van der Waals surface area contributed by atoms with Crippen molar-refractivity contribution in [3.8, 4) is 0 Å². The Hall–Kier alpha value is -1.89. The third kappa shape index (κ3) is 5.11. The summed E-state index contributed by atoms with van der Waals surface area (Å²) in [6.07, 6.45) is 19.3. The summed E-state index contributed by atoms with van der Waals surface area (Å²) in [6.45, 7) is 4.04. The Morgan fingerprint density at radius 3 is 1.75 bits per heavy atom. The minimum Gasteiger partial charge on any atom is -0.274 e. The molecule has 0 radical (unpaired) electrons. The van der Waals surface area contributed by atoms with Crippen LogP contribution in [0.25, 0.3) is 0 Å². The summed E-state index contributed by atoms with van der Waals surface area (Å²) in [5.74, 6) is 0.505. The van der Waals surface area contributed by atoms with Gasteiger partial charge in [-0.15, -0.1) is 0 Å². The van der Waals surface area contributed by atoms with Crippen molar-refractivity contribution in [1.82, 2.24) is 0 Å². The van der Waals surface area contributed by atoms with Crippen molar-refractivity contribution >= 4 is 5.78 Å². The number of rotatable bonds is 0. The molecular formula is C15H17O+. The Morgan fingerprint density at radius 2 is 1.31 bits per heavy atom. The predicted octanol–water partition coefficient (Wildman–Crippen LogP) is 3.66. The van der Waals surface area contributed by atoms with E-state index in [0.29, 0.717) is 5.78 Å². The molecule has 0 fully saturated rings. The SMILES string of the molecule is [2H][O+]=C1\C=C/C=C(C)\C=C\C=C\C(C)=C/C=C/1. The van der Waals surface area contributed by atoms with Crippen molar-refractivity contribution < 1.29 is 6.23 Å². The second-order valence-corrected chi connectivity index (χ2v) is 3.66. The zero-order chi connectivity index (χ0) is 12.5. The normalized spacial score (nSPS) is 35.1. The lowest BCUT2D eigenvalue weighted by atomic mass is 10.2. The van der Waals surface area contributed by atoms with Gasteiger partial charge in [-0.05, 0) is 13.8 Å². The summed E-state index contributed by atoms with van der Waals surface area (Å²) in [5.41, 5.74) is 2.28. The van der Waals surface area contributed by atoms with E-state index in [0.717, 1.165) is 11.1 Å². The molecule has 0 amide bonds. The van der Waals surface area contributed by atoms with Crippen molar-refractivity contribution in [3.05, 3.63) is 71.9 Å². The molecule has 0 aliphatic heterocycles. The molecule has 0 spiro atoms. The van der Waals surface area contributed by atoms with Gasteiger partial charge in [0.25, 0.3) is 0 Å². The first kappa shape index (κ1) is 10.6. The van der Waals surface area contributed by atoms with Gasteiger partial charge < -0.3 is 0 Å². The molecule has 0 unspecified atom stereocenters. The van der Waals surface area contributed by atoms with Gasteiger partial charge in [-0.1, -0.05) is 59.8 Å². The number of ketones is 1. The molecule has 0 aromatic carbocycles. The molecular weight excluding hydrogens is 196 g/mol. The Bertz CT molecular complexity index is 417. The number of carbonyl (C=O) groups excluding carboxylic acids is 1. The fraction of sp³-hybridized carbons (Fsp3) is 0.133. The summed E-state index contributed by atoms with van der Waals surface area (Å²) in [5, 5.41) is 0. The highest BCUT2D eigenvalue weighted by atomic mass is 16.1. The van der Waals surface area contributed by atoms with Crippen LogP contribution in [0.4, 0.5) is 0 Å². The highest BCUT2D eigenvalue weighted by Crippen LogP contribution is 2.00. The van der Waals surface area contributed by atoms with Crippen molar-refractivity contribution in [2.24, 2.45) is 0 Å². The van der Waals surface area contributed by atoms with Gasteiger partial charge in [0.1, 0.15) is 0 Å². The van der Waals surface area contributed by atoms with Gasteiger partial charge in [0.15, 0.2) is 0 Å². The van der Waals surface area contributed by atoms with Crippen LogP contribution >= 0.6 is 0 Å². The Balaban J connectivity index is 3.04. The van der Waals surface area contributed by atoms with Crippen LogP contribution in [0.1, 0.15) is 15.3 Å². The second-order valence-electron chi connectivity index (χ2n) is 3.66. The zero-order valence-electron chi connectivity index (χ0n) is 10.7. The first-order valence-corrected chi connectivity index (χ1v) is 5.27. The van der Waals surface area contributed by atoms with Crippen molar-refractivity contribution in [2.45, 2.75) is 13.8 Å². The van der Waals surface area contributed by atoms with Gasteiger partial charge in [0, 0.05) is 12.2 Å². The highest BCUT2D eigenvalue weighted by molar-refractivity contribution is 6.00. The number of hydrogen-bond donors (Lipinski definition) is 0. The Morgan fingerprint density at radius 1 is 0.812 bits per heavy atom. The average Bonchev–Trinajstić information content (AvgIpc) is 2.33. The van der Waals surface area contributed by atoms with E-state index in [2.05, 4.69) is 4.80 Å². The van der Waals surface area contributed by atoms with E-state index in [1.807, 2.05) is 62.5 Å². The number of allylic oxidation sites excluding steroid dienone is 12. The van der Waals surface area contributed by atoms with Gasteiger partial charge in [-0.25, -0.2) is 0 Å². The van der Waals surface area contributed by atoms with Crippen LogP contribution in [0.5, 0.6) is 0 Å². The number of hydrogen-bond acceptors (Lipinski definition) is 0. The lowest BCUT2D eigenvalue weighted by molar-refractivity contribution is 0.684. The van der Waals surface area contributed by atoms with Gasteiger partial charge >= 0.3 is 7.21 Å². The molecule has 0 atom stereocenters. The fourth-order valence-electron chi connectivity index (χ4n) is 1.17. The first-order valence-electron chi connectivity index (χ1n) is 5.68. The summed E-state index contributed by atoms with van der Waals surface area (Å²) in [6, 6.07) is 0. The molecule has 1 heteroatoms. The first-order chi connectivity index (χ1) is 8.22. The van der Waals surface area contributed by atoms with Crippen LogP contribution in [-0.2, 0) is 0 Å². The second kappa shape index (κ2) is 6.57.